The molecule has 2 aromatic carbocycles. The smallest absolute Gasteiger partial charge is 0.416 e. The lowest BCUT2D eigenvalue weighted by Gasteiger charge is -2.30. The first-order valence-electron chi connectivity index (χ1n) is 13.1. The second-order valence-corrected chi connectivity index (χ2v) is 9.66. The zero-order valence-electron chi connectivity index (χ0n) is 22.4. The molecule has 2 heterocycles. The minimum atomic E-state index is -4.45. The zero-order chi connectivity index (χ0) is 28.7. The normalized spacial score (nSPS) is 15.8. The molecule has 0 aliphatic carbocycles. The average Bonchev–Trinajstić information content (AvgIpc) is 3.41. The van der Waals surface area contributed by atoms with Crippen molar-refractivity contribution in [3.8, 4) is 5.75 Å². The molecule has 1 atom stereocenters. The molecule has 3 aromatic rings. The van der Waals surface area contributed by atoms with E-state index < -0.39 is 11.7 Å². The van der Waals surface area contributed by atoms with E-state index in [1.165, 1.54) is 12.3 Å². The van der Waals surface area contributed by atoms with Crippen LogP contribution in [0.15, 0.2) is 59.2 Å². The number of carbonyl (C=O) groups is 2. The van der Waals surface area contributed by atoms with Gasteiger partial charge in [-0.15, -0.1) is 0 Å². The van der Waals surface area contributed by atoms with Gasteiger partial charge in [-0.05, 0) is 49.1 Å². The molecule has 1 amide bonds. The van der Waals surface area contributed by atoms with Gasteiger partial charge in [-0.2, -0.15) is 13.2 Å². The number of oxazole rings is 1. The largest absolute Gasteiger partial charge is 0.497 e. The first-order chi connectivity index (χ1) is 19.2. The number of rotatable bonds is 10. The van der Waals surface area contributed by atoms with Crippen molar-refractivity contribution in [2.75, 3.05) is 26.8 Å². The second-order valence-electron chi connectivity index (χ2n) is 9.66. The van der Waals surface area contributed by atoms with Crippen LogP contribution in [-0.2, 0) is 35.3 Å². The van der Waals surface area contributed by atoms with Gasteiger partial charge in [0, 0.05) is 26.2 Å². The van der Waals surface area contributed by atoms with Gasteiger partial charge in [-0.1, -0.05) is 30.3 Å². The molecular formula is C29H32F3N3O5. The summed E-state index contributed by atoms with van der Waals surface area (Å²) in [6.45, 7) is 3.46. The molecule has 1 aromatic heterocycles. The molecule has 214 valence electrons. The summed E-state index contributed by atoms with van der Waals surface area (Å²) >= 11 is 0. The van der Waals surface area contributed by atoms with Crippen LogP contribution in [0.25, 0.3) is 0 Å². The Hall–Kier alpha value is -3.86. The highest BCUT2D eigenvalue weighted by Crippen LogP contribution is 2.30. The van der Waals surface area contributed by atoms with Crippen molar-refractivity contribution in [1.82, 2.24) is 14.8 Å². The third-order valence-electron chi connectivity index (χ3n) is 6.66. The number of amides is 1. The molecule has 0 N–H and O–H groups in total. The first kappa shape index (κ1) is 29.1. The van der Waals surface area contributed by atoms with E-state index in [2.05, 4.69) is 4.98 Å². The maximum Gasteiger partial charge on any atom is 0.416 e. The molecule has 4 rings (SSSR count). The molecule has 8 nitrogen and oxygen atoms in total. The fraction of sp³-hybridized carbons (Fsp3) is 0.414. The molecule has 0 bridgehead atoms. The van der Waals surface area contributed by atoms with Gasteiger partial charge >= 0.3 is 12.1 Å². The maximum atomic E-state index is 13.3. The number of carbonyl (C=O) groups excluding carboxylic acids is 2. The van der Waals surface area contributed by atoms with Gasteiger partial charge in [0.2, 0.25) is 5.89 Å². The van der Waals surface area contributed by atoms with E-state index in [0.29, 0.717) is 37.2 Å². The van der Waals surface area contributed by atoms with Crippen molar-refractivity contribution in [3.63, 3.8) is 0 Å². The summed E-state index contributed by atoms with van der Waals surface area (Å²) in [6.07, 6.45) is -1.85. The molecule has 11 heteroatoms. The number of esters is 1. The van der Waals surface area contributed by atoms with E-state index in [9.17, 15) is 22.8 Å². The van der Waals surface area contributed by atoms with Crippen LogP contribution >= 0.6 is 0 Å². The Kier molecular flexibility index (Phi) is 9.46. The maximum absolute atomic E-state index is 13.3. The van der Waals surface area contributed by atoms with E-state index >= 15 is 0 Å². The Morgan fingerprint density at radius 2 is 1.82 bits per heavy atom. The van der Waals surface area contributed by atoms with Gasteiger partial charge in [0.1, 0.15) is 12.0 Å². The van der Waals surface area contributed by atoms with Gasteiger partial charge in [0.15, 0.2) is 5.69 Å². The quantitative estimate of drug-likeness (QED) is 0.311. The number of hydrogen-bond acceptors (Lipinski definition) is 7. The lowest BCUT2D eigenvalue weighted by molar-refractivity contribution is -0.149. The van der Waals surface area contributed by atoms with Crippen LogP contribution in [0.5, 0.6) is 5.75 Å². The number of piperidine rings is 1. The van der Waals surface area contributed by atoms with Crippen molar-refractivity contribution in [2.45, 2.75) is 45.6 Å². The van der Waals surface area contributed by atoms with E-state index in [1.807, 2.05) is 23.1 Å². The lowest BCUT2D eigenvalue weighted by atomic mass is 9.98. The Morgan fingerprint density at radius 1 is 1.10 bits per heavy atom. The molecular weight excluding hydrogens is 527 g/mol. The van der Waals surface area contributed by atoms with Gasteiger partial charge in [-0.3, -0.25) is 14.5 Å². The van der Waals surface area contributed by atoms with Crippen LogP contribution in [0.3, 0.4) is 0 Å². The highest BCUT2D eigenvalue weighted by molar-refractivity contribution is 5.92. The van der Waals surface area contributed by atoms with Gasteiger partial charge < -0.3 is 18.8 Å². The second kappa shape index (κ2) is 13.0. The number of likely N-dealkylation sites (tertiary alicyclic amines) is 1. The number of ether oxygens (including phenoxy) is 2. The third kappa shape index (κ3) is 7.62. The fourth-order valence-electron chi connectivity index (χ4n) is 4.75. The van der Waals surface area contributed by atoms with Crippen LogP contribution in [-0.4, -0.2) is 53.5 Å². The molecule has 1 saturated heterocycles. The van der Waals surface area contributed by atoms with E-state index in [4.69, 9.17) is 13.9 Å². The minimum Gasteiger partial charge on any atom is -0.497 e. The Balaban J connectivity index is 1.50. The summed E-state index contributed by atoms with van der Waals surface area (Å²) < 4.78 is 56.0. The summed E-state index contributed by atoms with van der Waals surface area (Å²) in [6, 6.07) is 12.6. The van der Waals surface area contributed by atoms with Gasteiger partial charge in [-0.25, -0.2) is 4.98 Å². The number of aromatic nitrogens is 1. The standard InChI is InChI=1S/C29H32F3N3O5/c1-3-39-28(37)22-9-6-12-35(17-22)27(36)25-19-40-26(33-25)18-34(16-21-8-5-11-24(14-21)38-2)15-20-7-4-10-23(13-20)29(30,31)32/h4-5,7-8,10-11,13-14,19,22H,3,6,9,12,15-18H2,1-2H3/t22-/m1/s1. The van der Waals surface area contributed by atoms with E-state index in [1.54, 1.807) is 31.1 Å². The van der Waals surface area contributed by atoms with Crippen LogP contribution in [0.2, 0.25) is 0 Å². The number of methoxy groups -OCH3 is 1. The van der Waals surface area contributed by atoms with Crippen LogP contribution in [0, 0.1) is 5.92 Å². The monoisotopic (exact) mass is 559 g/mol. The van der Waals surface area contributed by atoms with Crippen molar-refractivity contribution < 1.29 is 36.7 Å². The summed E-state index contributed by atoms with van der Waals surface area (Å²) in [5.74, 6) is -0.139. The predicted octanol–water partition coefficient (Wildman–Crippen LogP) is 5.32. The highest BCUT2D eigenvalue weighted by Gasteiger charge is 2.32. The summed E-state index contributed by atoms with van der Waals surface area (Å²) in [7, 11) is 1.56. The SMILES string of the molecule is CCOC(=O)[C@@H]1CCCN(C(=O)c2coc(CN(Cc3cccc(OC)c3)Cc3cccc(C(F)(F)F)c3)n2)C1. The Morgan fingerprint density at radius 3 is 2.52 bits per heavy atom. The molecule has 1 fully saturated rings. The molecule has 0 unspecified atom stereocenters. The Labute approximate surface area is 230 Å². The fourth-order valence-corrected chi connectivity index (χ4v) is 4.75. The summed E-state index contributed by atoms with van der Waals surface area (Å²) in [5.41, 5.74) is 0.740. The van der Waals surface area contributed by atoms with Crippen molar-refractivity contribution in [3.05, 3.63) is 83.1 Å². The van der Waals surface area contributed by atoms with E-state index in [0.717, 1.165) is 17.7 Å². The highest BCUT2D eigenvalue weighted by atomic mass is 19.4. The van der Waals surface area contributed by atoms with Gasteiger partial charge in [0.05, 0.1) is 31.7 Å². The van der Waals surface area contributed by atoms with Crippen molar-refractivity contribution in [2.24, 2.45) is 5.92 Å². The molecule has 0 radical (unpaired) electrons. The zero-order valence-corrected chi connectivity index (χ0v) is 22.4. The minimum absolute atomic E-state index is 0.111. The summed E-state index contributed by atoms with van der Waals surface area (Å²) in [5, 5.41) is 0. The van der Waals surface area contributed by atoms with Gasteiger partial charge in [0.25, 0.3) is 5.91 Å². The third-order valence-corrected chi connectivity index (χ3v) is 6.66. The van der Waals surface area contributed by atoms with Crippen molar-refractivity contribution in [1.29, 1.82) is 0 Å². The molecule has 1 aliphatic rings. The number of halogens is 3. The topological polar surface area (TPSA) is 85.1 Å². The van der Waals surface area contributed by atoms with Crippen LogP contribution in [0.4, 0.5) is 13.2 Å². The van der Waals surface area contributed by atoms with Crippen LogP contribution < -0.4 is 4.74 Å². The summed E-state index contributed by atoms with van der Waals surface area (Å²) in [4.78, 5) is 33.1. The molecule has 1 aliphatic heterocycles. The van der Waals surface area contributed by atoms with E-state index in [-0.39, 0.29) is 55.6 Å². The Bertz CT molecular complexity index is 1310. The van der Waals surface area contributed by atoms with Crippen LogP contribution in [0.1, 0.15) is 52.8 Å². The number of hydrogen-bond donors (Lipinski definition) is 0. The van der Waals surface area contributed by atoms with Crippen molar-refractivity contribution >= 4 is 11.9 Å². The first-order valence-corrected chi connectivity index (χ1v) is 13.1. The number of benzene rings is 2. The molecule has 0 spiro atoms. The molecule has 0 saturated carbocycles. The number of nitrogens with zero attached hydrogens (tertiary/aromatic N) is 3. The predicted molar refractivity (Wildman–Crippen MR) is 139 cm³/mol. The number of alkyl halides is 3. The molecule has 40 heavy (non-hydrogen) atoms. The lowest BCUT2D eigenvalue weighted by Crippen LogP contribution is -2.43. The average molecular weight is 560 g/mol.